The summed E-state index contributed by atoms with van der Waals surface area (Å²) in [5.74, 6) is -1.38. The van der Waals surface area contributed by atoms with Crippen LogP contribution in [0.4, 0.5) is 20.6 Å². The van der Waals surface area contributed by atoms with Crippen LogP contribution in [0.2, 0.25) is 0 Å². The number of aliphatic hydroxyl groups is 1. The molecule has 10 nitrogen and oxygen atoms in total. The van der Waals surface area contributed by atoms with Crippen molar-refractivity contribution in [2.45, 2.75) is 30.9 Å². The van der Waals surface area contributed by atoms with Gasteiger partial charge in [0.25, 0.3) is 15.9 Å². The number of fused-ring (bicyclic) bond motifs is 2. The zero-order valence-electron chi connectivity index (χ0n) is 25.1. The van der Waals surface area contributed by atoms with Crippen LogP contribution in [-0.2, 0) is 10.0 Å². The summed E-state index contributed by atoms with van der Waals surface area (Å²) in [6, 6.07) is 21.3. The summed E-state index contributed by atoms with van der Waals surface area (Å²) in [7, 11) is -2.57. The van der Waals surface area contributed by atoms with Crippen LogP contribution in [0, 0.1) is 11.7 Å². The zero-order valence-corrected chi connectivity index (χ0v) is 25.9. The number of aliphatic hydroxyl groups excluding tert-OH is 1. The van der Waals surface area contributed by atoms with Gasteiger partial charge in [0, 0.05) is 24.9 Å². The van der Waals surface area contributed by atoms with E-state index in [9.17, 15) is 27.5 Å². The number of para-hydroxylation sites is 1. The first-order valence-electron chi connectivity index (χ1n) is 14.5. The predicted molar refractivity (Wildman–Crippen MR) is 170 cm³/mol. The number of carbonyl (C=O) groups excluding carboxylic acids is 2. The fourth-order valence-electron chi connectivity index (χ4n) is 5.26. The number of amides is 3. The zero-order chi connectivity index (χ0) is 32.3. The van der Waals surface area contributed by atoms with E-state index in [1.54, 1.807) is 14.0 Å². The number of nitrogens with zero attached hydrogens (tertiary/aromatic N) is 2. The second-order valence-corrected chi connectivity index (χ2v) is 12.9. The van der Waals surface area contributed by atoms with Gasteiger partial charge in [0.15, 0.2) is 5.75 Å². The molecule has 4 aromatic rings. The van der Waals surface area contributed by atoms with E-state index in [0.29, 0.717) is 5.69 Å². The maximum atomic E-state index is 13.7. The van der Waals surface area contributed by atoms with Crippen LogP contribution in [0.25, 0.3) is 10.8 Å². The van der Waals surface area contributed by atoms with E-state index in [4.69, 9.17) is 4.74 Å². The number of rotatable bonds is 8. The standard InChI is InChI=1S/C33H35FN4O6S/c1-21-18-38(22(2)20-39)32(40)27-11-7-13-29(36-45(42,43)25-16-14-24(34)15-17-25)31(27)44-30(21)19-37(3)33(41)35-28-12-6-9-23-8-4-5-10-26(23)28/h4-17,21-22,30,36,39H,18-20H2,1-3H3,(H,35,41)/t21-,22+,30+/m0/s1. The topological polar surface area (TPSA) is 128 Å². The smallest absolute Gasteiger partial charge is 0.321 e. The van der Waals surface area contributed by atoms with Crippen molar-refractivity contribution >= 4 is 44.1 Å². The fraction of sp³-hybridized carbons (Fsp3) is 0.273. The lowest BCUT2D eigenvalue weighted by Gasteiger charge is -2.38. The Balaban J connectivity index is 1.47. The summed E-state index contributed by atoms with van der Waals surface area (Å²) in [6.07, 6.45) is -0.690. The lowest BCUT2D eigenvalue weighted by Crippen LogP contribution is -2.50. The molecule has 5 rings (SSSR count). The maximum Gasteiger partial charge on any atom is 0.321 e. The predicted octanol–water partition coefficient (Wildman–Crippen LogP) is 5.16. The number of sulfonamides is 1. The highest BCUT2D eigenvalue weighted by atomic mass is 32.2. The van der Waals surface area contributed by atoms with Gasteiger partial charge in [-0.2, -0.15) is 0 Å². The Morgan fingerprint density at radius 1 is 1.04 bits per heavy atom. The minimum atomic E-state index is -4.19. The molecule has 236 valence electrons. The van der Waals surface area contributed by atoms with Crippen LogP contribution in [0.3, 0.4) is 0 Å². The van der Waals surface area contributed by atoms with Gasteiger partial charge >= 0.3 is 6.03 Å². The van der Waals surface area contributed by atoms with E-state index in [2.05, 4.69) is 10.0 Å². The fourth-order valence-corrected chi connectivity index (χ4v) is 6.32. The van der Waals surface area contributed by atoms with Gasteiger partial charge in [0.05, 0.1) is 41.0 Å². The van der Waals surface area contributed by atoms with Crippen molar-refractivity contribution in [3.05, 3.63) is 96.3 Å². The molecule has 3 amide bonds. The quantitative estimate of drug-likeness (QED) is 0.246. The highest BCUT2D eigenvalue weighted by Crippen LogP contribution is 2.36. The summed E-state index contributed by atoms with van der Waals surface area (Å²) in [6.45, 7) is 3.60. The minimum Gasteiger partial charge on any atom is -0.485 e. The Labute approximate surface area is 261 Å². The molecule has 45 heavy (non-hydrogen) atoms. The van der Waals surface area contributed by atoms with Crippen LogP contribution in [0.15, 0.2) is 89.8 Å². The van der Waals surface area contributed by atoms with Gasteiger partial charge in [-0.05, 0) is 54.8 Å². The molecule has 1 aliphatic rings. The van der Waals surface area contributed by atoms with Crippen molar-refractivity contribution in [1.29, 1.82) is 0 Å². The number of likely N-dealkylation sites (N-methyl/N-ethyl adjacent to an activating group) is 1. The molecule has 0 aromatic heterocycles. The molecule has 3 atom stereocenters. The second-order valence-electron chi connectivity index (χ2n) is 11.2. The number of hydrogen-bond acceptors (Lipinski definition) is 6. The third-order valence-electron chi connectivity index (χ3n) is 7.89. The Morgan fingerprint density at radius 2 is 1.71 bits per heavy atom. The first-order chi connectivity index (χ1) is 21.5. The Morgan fingerprint density at radius 3 is 2.44 bits per heavy atom. The monoisotopic (exact) mass is 634 g/mol. The number of benzene rings is 4. The largest absolute Gasteiger partial charge is 0.485 e. The van der Waals surface area contributed by atoms with Crippen LogP contribution < -0.4 is 14.8 Å². The Kier molecular flexibility index (Phi) is 9.26. The van der Waals surface area contributed by atoms with E-state index < -0.39 is 33.9 Å². The summed E-state index contributed by atoms with van der Waals surface area (Å²) in [5.41, 5.74) is 0.742. The molecule has 0 unspecified atom stereocenters. The average molecular weight is 635 g/mol. The number of anilines is 2. The summed E-state index contributed by atoms with van der Waals surface area (Å²) < 4.78 is 48.9. The highest BCUT2D eigenvalue weighted by Gasteiger charge is 2.35. The van der Waals surface area contributed by atoms with Gasteiger partial charge in [0.1, 0.15) is 11.9 Å². The lowest BCUT2D eigenvalue weighted by molar-refractivity contribution is 0.0373. The number of hydrogen-bond donors (Lipinski definition) is 3. The van der Waals surface area contributed by atoms with Crippen molar-refractivity contribution in [3.8, 4) is 5.75 Å². The molecule has 1 heterocycles. The summed E-state index contributed by atoms with van der Waals surface area (Å²) in [4.78, 5) is 29.9. The van der Waals surface area contributed by atoms with Gasteiger partial charge in [-0.15, -0.1) is 0 Å². The number of ether oxygens (including phenoxy) is 1. The third kappa shape index (κ3) is 6.86. The first kappa shape index (κ1) is 31.7. The second kappa shape index (κ2) is 13.1. The normalized spacial score (nSPS) is 17.4. The van der Waals surface area contributed by atoms with Gasteiger partial charge in [-0.25, -0.2) is 17.6 Å². The number of nitrogens with one attached hydrogen (secondary N) is 2. The van der Waals surface area contributed by atoms with Crippen LogP contribution in [0.1, 0.15) is 24.2 Å². The van der Waals surface area contributed by atoms with Crippen LogP contribution >= 0.6 is 0 Å². The molecular weight excluding hydrogens is 599 g/mol. The van der Waals surface area contributed by atoms with E-state index in [1.165, 1.54) is 28.0 Å². The number of urea groups is 1. The summed E-state index contributed by atoms with van der Waals surface area (Å²) >= 11 is 0. The molecule has 3 N–H and O–H groups in total. The molecule has 12 heteroatoms. The minimum absolute atomic E-state index is 0.00346. The van der Waals surface area contributed by atoms with Gasteiger partial charge in [-0.3, -0.25) is 9.52 Å². The molecule has 4 aromatic carbocycles. The molecule has 0 radical (unpaired) electrons. The molecule has 0 aliphatic carbocycles. The molecule has 0 saturated heterocycles. The number of carbonyl (C=O) groups is 2. The van der Waals surface area contributed by atoms with Crippen LogP contribution in [0.5, 0.6) is 5.75 Å². The van der Waals surface area contributed by atoms with Crippen molar-refractivity contribution in [2.24, 2.45) is 5.92 Å². The third-order valence-corrected chi connectivity index (χ3v) is 9.27. The van der Waals surface area contributed by atoms with Gasteiger partial charge < -0.3 is 25.0 Å². The highest BCUT2D eigenvalue weighted by molar-refractivity contribution is 7.92. The Hall–Kier alpha value is -4.68. The lowest BCUT2D eigenvalue weighted by atomic mass is 9.99. The molecule has 1 aliphatic heterocycles. The van der Waals surface area contributed by atoms with Crippen LogP contribution in [-0.4, -0.2) is 74.2 Å². The summed E-state index contributed by atoms with van der Waals surface area (Å²) in [5, 5.41) is 14.8. The molecule has 0 saturated carbocycles. The van der Waals surface area contributed by atoms with Gasteiger partial charge in [0.2, 0.25) is 0 Å². The Bertz CT molecular complexity index is 1810. The molecule has 0 spiro atoms. The maximum absolute atomic E-state index is 13.7. The molecule has 0 fully saturated rings. The first-order valence-corrected chi connectivity index (χ1v) is 16.0. The molecular formula is C33H35FN4O6S. The SMILES string of the molecule is C[C@H](CO)N1C[C@H](C)[C@@H](CN(C)C(=O)Nc2cccc3ccccc23)Oc2c(NS(=O)(=O)c3ccc(F)cc3)cccc2C1=O. The van der Waals surface area contributed by atoms with Crippen molar-refractivity contribution in [3.63, 3.8) is 0 Å². The van der Waals surface area contributed by atoms with E-state index in [1.807, 2.05) is 49.4 Å². The number of halogens is 1. The van der Waals surface area contributed by atoms with E-state index >= 15 is 0 Å². The average Bonchev–Trinajstić information content (AvgIpc) is 3.02. The molecule has 0 bridgehead atoms. The van der Waals surface area contributed by atoms with Crippen molar-refractivity contribution in [2.75, 3.05) is 36.8 Å². The van der Waals surface area contributed by atoms with Crippen molar-refractivity contribution < 1.29 is 32.2 Å². The van der Waals surface area contributed by atoms with Gasteiger partial charge in [-0.1, -0.05) is 49.4 Å². The van der Waals surface area contributed by atoms with Crippen molar-refractivity contribution in [1.82, 2.24) is 9.80 Å². The van der Waals surface area contributed by atoms with E-state index in [-0.39, 0.29) is 53.5 Å². The van der Waals surface area contributed by atoms with E-state index in [0.717, 1.165) is 35.0 Å².